The normalized spacial score (nSPS) is 12.5. The fourth-order valence-corrected chi connectivity index (χ4v) is 11.9. The van der Waals surface area contributed by atoms with Crippen LogP contribution in [0, 0.1) is 5.92 Å². The summed E-state index contributed by atoms with van der Waals surface area (Å²) in [6, 6.07) is 3.88. The highest BCUT2D eigenvalue weighted by molar-refractivity contribution is 6.78. The van der Waals surface area contributed by atoms with Gasteiger partial charge in [-0.1, -0.05) is 250 Å². The lowest BCUT2D eigenvalue weighted by atomic mass is 10.0. The highest BCUT2D eigenvalue weighted by atomic mass is 28.3. The van der Waals surface area contributed by atoms with Gasteiger partial charge in [-0.3, -0.25) is 9.59 Å². The van der Waals surface area contributed by atoms with Crippen molar-refractivity contribution in [3.63, 3.8) is 0 Å². The van der Waals surface area contributed by atoms with E-state index in [1.807, 2.05) is 0 Å². The minimum absolute atomic E-state index is 0.244. The standard InChI is InChI=1S/C44H88O4Si/c1-4-6-8-10-12-14-16-18-20-22-24-26-28-30-32-34-38-49(3,40-36-37-42(44(47)48)41-43(45)46)39-35-33-31-29-27-25-23-21-19-17-15-13-11-9-7-5-2/h42H,4-41H2,1-3H3,(H,45,46)(H,47,48). The third-order valence-electron chi connectivity index (χ3n) is 11.4. The number of aliphatic carboxylic acids is 2. The summed E-state index contributed by atoms with van der Waals surface area (Å²) in [5.41, 5.74) is 0. The summed E-state index contributed by atoms with van der Waals surface area (Å²) in [6.45, 7) is 7.15. The molecule has 49 heavy (non-hydrogen) atoms. The molecular weight excluding hydrogens is 621 g/mol. The lowest BCUT2D eigenvalue weighted by molar-refractivity contribution is -0.148. The molecule has 0 amide bonds. The van der Waals surface area contributed by atoms with Gasteiger partial charge in [-0.25, -0.2) is 0 Å². The van der Waals surface area contributed by atoms with Gasteiger partial charge >= 0.3 is 11.9 Å². The van der Waals surface area contributed by atoms with Crippen molar-refractivity contribution in [2.24, 2.45) is 5.92 Å². The minimum Gasteiger partial charge on any atom is -0.481 e. The summed E-state index contributed by atoms with van der Waals surface area (Å²) in [5, 5.41) is 18.7. The highest BCUT2D eigenvalue weighted by Crippen LogP contribution is 2.30. The van der Waals surface area contributed by atoms with Crippen LogP contribution in [-0.2, 0) is 9.59 Å². The van der Waals surface area contributed by atoms with E-state index in [0.717, 1.165) is 12.5 Å². The van der Waals surface area contributed by atoms with Crippen LogP contribution in [0.3, 0.4) is 0 Å². The molecule has 0 aromatic heterocycles. The molecule has 1 atom stereocenters. The minimum atomic E-state index is -1.45. The molecular formula is C44H88O4Si. The first-order chi connectivity index (χ1) is 23.8. The number of rotatable bonds is 41. The average molecular weight is 709 g/mol. The highest BCUT2D eigenvalue weighted by Gasteiger charge is 2.27. The van der Waals surface area contributed by atoms with Crippen LogP contribution >= 0.6 is 0 Å². The van der Waals surface area contributed by atoms with Gasteiger partial charge < -0.3 is 10.2 Å². The van der Waals surface area contributed by atoms with E-state index in [4.69, 9.17) is 5.11 Å². The van der Waals surface area contributed by atoms with E-state index in [1.54, 1.807) is 0 Å². The number of carboxylic acids is 2. The molecule has 1 unspecified atom stereocenters. The maximum atomic E-state index is 11.6. The van der Waals surface area contributed by atoms with E-state index in [0.29, 0.717) is 6.42 Å². The molecule has 4 nitrogen and oxygen atoms in total. The molecule has 0 bridgehead atoms. The van der Waals surface area contributed by atoms with Crippen LogP contribution in [0.1, 0.15) is 239 Å². The molecule has 0 radical (unpaired) electrons. The molecule has 0 aromatic rings. The first kappa shape index (κ1) is 48.2. The Kier molecular flexibility index (Phi) is 36.3. The van der Waals surface area contributed by atoms with E-state index >= 15 is 0 Å². The Morgan fingerprint density at radius 2 is 0.653 bits per heavy atom. The van der Waals surface area contributed by atoms with Crippen LogP contribution in [0.2, 0.25) is 24.7 Å². The van der Waals surface area contributed by atoms with Crippen molar-refractivity contribution in [3.8, 4) is 0 Å². The lowest BCUT2D eigenvalue weighted by Crippen LogP contribution is -2.30. The summed E-state index contributed by atoms with van der Waals surface area (Å²) in [5.74, 6) is -2.67. The van der Waals surface area contributed by atoms with Gasteiger partial charge in [0.05, 0.1) is 20.4 Å². The Morgan fingerprint density at radius 3 is 0.898 bits per heavy atom. The van der Waals surface area contributed by atoms with Gasteiger partial charge in [0.2, 0.25) is 0 Å². The maximum Gasteiger partial charge on any atom is 0.307 e. The monoisotopic (exact) mass is 709 g/mol. The third-order valence-corrected chi connectivity index (χ3v) is 16.1. The Labute approximate surface area is 308 Å². The summed E-state index contributed by atoms with van der Waals surface area (Å²) in [4.78, 5) is 22.8. The van der Waals surface area contributed by atoms with E-state index in [2.05, 4.69) is 20.4 Å². The molecule has 0 aliphatic rings. The first-order valence-electron chi connectivity index (χ1n) is 22.3. The van der Waals surface area contributed by atoms with E-state index in [9.17, 15) is 14.7 Å². The number of hydrogen-bond acceptors (Lipinski definition) is 2. The molecule has 0 saturated carbocycles. The van der Waals surface area contributed by atoms with Gasteiger partial charge in [0.1, 0.15) is 0 Å². The van der Waals surface area contributed by atoms with Gasteiger partial charge in [0, 0.05) is 0 Å². The number of hydrogen-bond donors (Lipinski definition) is 2. The van der Waals surface area contributed by atoms with Crippen molar-refractivity contribution in [1.29, 1.82) is 0 Å². The lowest BCUT2D eigenvalue weighted by Gasteiger charge is -2.28. The molecule has 5 heteroatoms. The molecule has 0 heterocycles. The zero-order chi connectivity index (χ0) is 36.1. The quantitative estimate of drug-likeness (QED) is 0.0490. The maximum absolute atomic E-state index is 11.6. The van der Waals surface area contributed by atoms with Crippen LogP contribution in [0.4, 0.5) is 0 Å². The smallest absolute Gasteiger partial charge is 0.307 e. The fraction of sp³-hybridized carbons (Fsp3) is 0.955. The molecule has 0 aromatic carbocycles. The topological polar surface area (TPSA) is 74.6 Å². The summed E-state index contributed by atoms with van der Waals surface area (Å²) in [7, 11) is -1.45. The van der Waals surface area contributed by atoms with Gasteiger partial charge in [-0.2, -0.15) is 0 Å². The van der Waals surface area contributed by atoms with Crippen molar-refractivity contribution in [1.82, 2.24) is 0 Å². The van der Waals surface area contributed by atoms with Crippen molar-refractivity contribution < 1.29 is 19.8 Å². The predicted molar refractivity (Wildman–Crippen MR) is 218 cm³/mol. The number of unbranched alkanes of at least 4 members (excludes halogenated alkanes) is 30. The van der Waals surface area contributed by atoms with Gasteiger partial charge in [-0.15, -0.1) is 0 Å². The molecule has 0 spiro atoms. The molecule has 292 valence electrons. The Balaban J connectivity index is 4.15. The molecule has 0 saturated heterocycles. The first-order valence-corrected chi connectivity index (χ1v) is 25.4. The summed E-state index contributed by atoms with van der Waals surface area (Å²) >= 11 is 0. The molecule has 0 aliphatic heterocycles. The van der Waals surface area contributed by atoms with Gasteiger partial charge in [0.15, 0.2) is 0 Å². The summed E-state index contributed by atoms with van der Waals surface area (Å²) in [6.07, 6.45) is 46.0. The second kappa shape index (κ2) is 36.9. The van der Waals surface area contributed by atoms with Crippen molar-refractivity contribution in [2.45, 2.75) is 263 Å². The van der Waals surface area contributed by atoms with Crippen LogP contribution in [0.5, 0.6) is 0 Å². The molecule has 0 aliphatic carbocycles. The van der Waals surface area contributed by atoms with Crippen LogP contribution in [0.25, 0.3) is 0 Å². The average Bonchev–Trinajstić information content (AvgIpc) is 3.07. The Bertz CT molecular complexity index is 675. The largest absolute Gasteiger partial charge is 0.481 e. The van der Waals surface area contributed by atoms with E-state index in [1.165, 1.54) is 218 Å². The van der Waals surface area contributed by atoms with E-state index in [-0.39, 0.29) is 6.42 Å². The molecule has 0 fully saturated rings. The zero-order valence-corrected chi connectivity index (χ0v) is 34.7. The SMILES string of the molecule is CCCCCCCCCCCCCCCCCC[Si](C)(CCCCCCCCCCCCCCCCCC)CCCC(CC(=O)O)C(=O)O. The Morgan fingerprint density at radius 1 is 0.408 bits per heavy atom. The van der Waals surface area contributed by atoms with Gasteiger partial charge in [0.25, 0.3) is 0 Å². The second-order valence-electron chi connectivity index (χ2n) is 16.4. The van der Waals surface area contributed by atoms with Gasteiger partial charge in [-0.05, 0) is 6.42 Å². The predicted octanol–water partition coefficient (Wildman–Crippen LogP) is 15.5. The fourth-order valence-electron chi connectivity index (χ4n) is 7.87. The van der Waals surface area contributed by atoms with Crippen LogP contribution in [-0.4, -0.2) is 30.2 Å². The van der Waals surface area contributed by atoms with Crippen LogP contribution < -0.4 is 0 Å². The summed E-state index contributed by atoms with van der Waals surface area (Å²) < 4.78 is 0. The molecule has 2 N–H and O–H groups in total. The van der Waals surface area contributed by atoms with Crippen molar-refractivity contribution in [2.75, 3.05) is 0 Å². The third kappa shape index (κ3) is 35.3. The number of carbonyl (C=O) groups is 2. The Hall–Kier alpha value is -0.843. The number of carboxylic acid groups (broad SMARTS) is 2. The van der Waals surface area contributed by atoms with E-state index < -0.39 is 25.9 Å². The zero-order valence-electron chi connectivity index (χ0n) is 33.7. The van der Waals surface area contributed by atoms with Crippen molar-refractivity contribution in [3.05, 3.63) is 0 Å². The molecule has 0 rings (SSSR count). The van der Waals surface area contributed by atoms with Crippen molar-refractivity contribution >= 4 is 20.0 Å². The second-order valence-corrected chi connectivity index (χ2v) is 21.6. The van der Waals surface area contributed by atoms with Crippen LogP contribution in [0.15, 0.2) is 0 Å².